The number of fused-ring (bicyclic) bond motifs is 1. The highest BCUT2D eigenvalue weighted by molar-refractivity contribution is 6.17. The lowest BCUT2D eigenvalue weighted by molar-refractivity contribution is 0.562. The van der Waals surface area contributed by atoms with Gasteiger partial charge in [0.05, 0.1) is 22.8 Å². The van der Waals surface area contributed by atoms with Crippen LogP contribution in [0.15, 0.2) is 89.7 Å². The Morgan fingerprint density at radius 2 is 1.35 bits per heavy atom. The van der Waals surface area contributed by atoms with Crippen molar-refractivity contribution in [1.82, 2.24) is 9.13 Å². The van der Waals surface area contributed by atoms with E-state index < -0.39 is 0 Å². The van der Waals surface area contributed by atoms with Gasteiger partial charge in [-0.15, -0.1) is 11.6 Å². The van der Waals surface area contributed by atoms with E-state index in [1.807, 2.05) is 77.4 Å². The number of rotatable bonds is 5. The first-order valence-electron chi connectivity index (χ1n) is 8.69. The Labute approximate surface area is 157 Å². The Morgan fingerprint density at radius 1 is 0.769 bits per heavy atom. The summed E-state index contributed by atoms with van der Waals surface area (Å²) in [7, 11) is 0. The van der Waals surface area contributed by atoms with E-state index in [4.69, 9.17) is 11.6 Å². The fourth-order valence-electron chi connectivity index (χ4n) is 3.52. The van der Waals surface area contributed by atoms with Crippen LogP contribution in [0, 0.1) is 0 Å². The van der Waals surface area contributed by atoms with Crippen molar-refractivity contribution in [2.45, 2.75) is 12.5 Å². The molecule has 3 nitrogen and oxygen atoms in total. The second kappa shape index (κ2) is 7.22. The highest BCUT2D eigenvalue weighted by Gasteiger charge is 2.22. The fraction of sp³-hybridized carbons (Fsp3) is 0.136. The molecule has 0 saturated heterocycles. The van der Waals surface area contributed by atoms with Crippen molar-refractivity contribution in [3.8, 4) is 5.69 Å². The molecule has 0 aliphatic rings. The van der Waals surface area contributed by atoms with Crippen molar-refractivity contribution in [2.24, 2.45) is 0 Å². The molecule has 1 aromatic heterocycles. The van der Waals surface area contributed by atoms with Gasteiger partial charge in [-0.05, 0) is 36.2 Å². The maximum absolute atomic E-state index is 13.5. The summed E-state index contributed by atoms with van der Waals surface area (Å²) in [6.07, 6.45) is 0.689. The van der Waals surface area contributed by atoms with Crippen molar-refractivity contribution in [1.29, 1.82) is 0 Å². The van der Waals surface area contributed by atoms with Gasteiger partial charge in [0.1, 0.15) is 0 Å². The molecule has 0 saturated carbocycles. The number of imidazole rings is 1. The molecule has 4 rings (SSSR count). The molecule has 130 valence electrons. The number of aromatic nitrogens is 2. The number of alkyl halides is 1. The Hall–Kier alpha value is -2.78. The summed E-state index contributed by atoms with van der Waals surface area (Å²) in [6, 6.07) is 27.7. The standard InChI is InChI=1S/C22H19ClN2O/c23-16-15-19(17-9-3-1-4-10-17)25-21-14-8-7-13-20(21)24(22(25)26)18-11-5-2-6-12-18/h1-14,19H,15-16H2/t19-/m0/s1. The molecular weight excluding hydrogens is 344 g/mol. The quantitative estimate of drug-likeness (QED) is 0.458. The smallest absolute Gasteiger partial charge is 0.284 e. The van der Waals surface area contributed by atoms with Crippen molar-refractivity contribution >= 4 is 22.6 Å². The summed E-state index contributed by atoms with van der Waals surface area (Å²) in [5.74, 6) is 0.483. The van der Waals surface area contributed by atoms with Crippen LogP contribution in [-0.4, -0.2) is 15.0 Å². The maximum atomic E-state index is 13.5. The van der Waals surface area contributed by atoms with Crippen molar-refractivity contribution in [2.75, 3.05) is 5.88 Å². The molecule has 0 radical (unpaired) electrons. The topological polar surface area (TPSA) is 26.9 Å². The molecule has 0 aliphatic heterocycles. The zero-order valence-electron chi connectivity index (χ0n) is 14.3. The number of hydrogen-bond donors (Lipinski definition) is 0. The van der Waals surface area contributed by atoms with Crippen LogP contribution in [0.3, 0.4) is 0 Å². The van der Waals surface area contributed by atoms with Gasteiger partial charge < -0.3 is 0 Å². The molecule has 3 aromatic carbocycles. The summed E-state index contributed by atoms with van der Waals surface area (Å²) in [5, 5.41) is 0. The third kappa shape index (κ3) is 2.85. The molecule has 4 heteroatoms. The molecule has 1 atom stereocenters. The van der Waals surface area contributed by atoms with Crippen LogP contribution in [0.2, 0.25) is 0 Å². The van der Waals surface area contributed by atoms with Crippen LogP contribution < -0.4 is 5.69 Å². The van der Waals surface area contributed by atoms with E-state index in [-0.39, 0.29) is 11.7 Å². The van der Waals surface area contributed by atoms with E-state index in [9.17, 15) is 4.79 Å². The molecule has 4 aromatic rings. The Bertz CT molecular complexity index is 1070. The third-order valence-electron chi connectivity index (χ3n) is 4.67. The first-order valence-corrected chi connectivity index (χ1v) is 9.23. The third-order valence-corrected chi connectivity index (χ3v) is 4.89. The summed E-state index contributed by atoms with van der Waals surface area (Å²) < 4.78 is 3.65. The monoisotopic (exact) mass is 362 g/mol. The minimum Gasteiger partial charge on any atom is -0.284 e. The van der Waals surface area contributed by atoms with Crippen LogP contribution in [-0.2, 0) is 0 Å². The predicted octanol–water partition coefficient (Wildman–Crippen LogP) is 5.01. The van der Waals surface area contributed by atoms with E-state index in [2.05, 4.69) is 12.1 Å². The summed E-state index contributed by atoms with van der Waals surface area (Å²) in [6.45, 7) is 0. The van der Waals surface area contributed by atoms with Gasteiger partial charge in [0, 0.05) is 5.88 Å². The maximum Gasteiger partial charge on any atom is 0.334 e. The van der Waals surface area contributed by atoms with Gasteiger partial charge in [-0.3, -0.25) is 9.13 Å². The number of para-hydroxylation sites is 3. The Kier molecular flexibility index (Phi) is 4.63. The second-order valence-corrected chi connectivity index (χ2v) is 6.59. The Balaban J connectivity index is 2.01. The van der Waals surface area contributed by atoms with Gasteiger partial charge in [-0.2, -0.15) is 0 Å². The van der Waals surface area contributed by atoms with Crippen molar-refractivity contribution < 1.29 is 0 Å². The molecule has 1 heterocycles. The van der Waals surface area contributed by atoms with Gasteiger partial charge in [0.2, 0.25) is 0 Å². The van der Waals surface area contributed by atoms with Crippen molar-refractivity contribution in [3.05, 3.63) is 101 Å². The number of benzene rings is 3. The molecule has 26 heavy (non-hydrogen) atoms. The van der Waals surface area contributed by atoms with Gasteiger partial charge in [0.15, 0.2) is 0 Å². The first-order chi connectivity index (χ1) is 12.8. The predicted molar refractivity (Wildman–Crippen MR) is 107 cm³/mol. The highest BCUT2D eigenvalue weighted by Crippen LogP contribution is 2.27. The van der Waals surface area contributed by atoms with Gasteiger partial charge >= 0.3 is 5.69 Å². The lowest BCUT2D eigenvalue weighted by atomic mass is 10.0. The molecule has 0 unspecified atom stereocenters. The zero-order valence-corrected chi connectivity index (χ0v) is 15.0. The average molecular weight is 363 g/mol. The van der Waals surface area contributed by atoms with Crippen LogP contribution in [0.25, 0.3) is 16.7 Å². The van der Waals surface area contributed by atoms with E-state index in [0.717, 1.165) is 22.3 Å². The van der Waals surface area contributed by atoms with Gasteiger partial charge in [-0.25, -0.2) is 4.79 Å². The van der Waals surface area contributed by atoms with Gasteiger partial charge in [-0.1, -0.05) is 60.7 Å². The van der Waals surface area contributed by atoms with Crippen LogP contribution in [0.5, 0.6) is 0 Å². The van der Waals surface area contributed by atoms with Gasteiger partial charge in [0.25, 0.3) is 0 Å². The molecule has 0 spiro atoms. The fourth-order valence-corrected chi connectivity index (χ4v) is 3.73. The minimum absolute atomic E-state index is 0.0450. The first kappa shape index (κ1) is 16.7. The van der Waals surface area contributed by atoms with Crippen LogP contribution >= 0.6 is 11.6 Å². The molecule has 0 fully saturated rings. The second-order valence-electron chi connectivity index (χ2n) is 6.22. The van der Waals surface area contributed by atoms with E-state index in [0.29, 0.717) is 12.3 Å². The average Bonchev–Trinajstić information content (AvgIpc) is 2.99. The summed E-state index contributed by atoms with van der Waals surface area (Å²) >= 11 is 6.10. The summed E-state index contributed by atoms with van der Waals surface area (Å²) in [4.78, 5) is 13.5. The summed E-state index contributed by atoms with van der Waals surface area (Å²) in [5.41, 5.74) is 3.73. The molecule has 0 amide bonds. The molecule has 0 aliphatic carbocycles. The number of halogens is 1. The zero-order chi connectivity index (χ0) is 17.9. The molecular formula is C22H19ClN2O. The normalized spacial score (nSPS) is 12.3. The molecule has 0 bridgehead atoms. The largest absolute Gasteiger partial charge is 0.334 e. The van der Waals surface area contributed by atoms with Crippen LogP contribution in [0.1, 0.15) is 18.0 Å². The highest BCUT2D eigenvalue weighted by atomic mass is 35.5. The van der Waals surface area contributed by atoms with Crippen molar-refractivity contribution in [3.63, 3.8) is 0 Å². The number of nitrogens with zero attached hydrogens (tertiary/aromatic N) is 2. The lowest BCUT2D eigenvalue weighted by Gasteiger charge is -2.18. The van der Waals surface area contributed by atoms with E-state index in [1.54, 1.807) is 4.57 Å². The lowest BCUT2D eigenvalue weighted by Crippen LogP contribution is -2.27. The SMILES string of the molecule is O=c1n(-c2ccccc2)c2ccccc2n1[C@@H](CCCl)c1ccccc1. The Morgan fingerprint density at radius 3 is 2.00 bits per heavy atom. The van der Waals surface area contributed by atoms with E-state index >= 15 is 0 Å². The number of hydrogen-bond acceptors (Lipinski definition) is 1. The minimum atomic E-state index is -0.101. The van der Waals surface area contributed by atoms with E-state index in [1.165, 1.54) is 0 Å². The van der Waals surface area contributed by atoms with Crippen LogP contribution in [0.4, 0.5) is 0 Å². The molecule has 0 N–H and O–H groups in total.